The highest BCUT2D eigenvalue weighted by molar-refractivity contribution is 7.92. The van der Waals surface area contributed by atoms with Gasteiger partial charge >= 0.3 is 0 Å². The van der Waals surface area contributed by atoms with Crippen molar-refractivity contribution in [2.75, 3.05) is 10.0 Å². The van der Waals surface area contributed by atoms with Crippen LogP contribution in [-0.2, 0) is 15.4 Å². The Balaban J connectivity index is 1.73. The molecular formula is C21H23N3O4S. The van der Waals surface area contributed by atoms with E-state index >= 15 is 0 Å². The molecule has 0 unspecified atom stereocenters. The Morgan fingerprint density at radius 1 is 1.03 bits per heavy atom. The van der Waals surface area contributed by atoms with Crippen LogP contribution in [0, 0.1) is 6.92 Å². The maximum Gasteiger partial charge on any atom is 0.261 e. The van der Waals surface area contributed by atoms with E-state index in [1.54, 1.807) is 18.2 Å². The van der Waals surface area contributed by atoms with Gasteiger partial charge in [0.15, 0.2) is 5.82 Å². The highest BCUT2D eigenvalue weighted by Gasteiger charge is 2.21. The fraction of sp³-hybridized carbons (Fsp3) is 0.238. The zero-order chi connectivity index (χ0) is 21.2. The lowest BCUT2D eigenvalue weighted by Gasteiger charge is -2.12. The summed E-state index contributed by atoms with van der Waals surface area (Å²) in [4.78, 5) is 12.5. The number of sulfonamides is 1. The van der Waals surface area contributed by atoms with Crippen molar-refractivity contribution in [3.05, 3.63) is 71.5 Å². The van der Waals surface area contributed by atoms with Crippen LogP contribution in [0.2, 0.25) is 0 Å². The van der Waals surface area contributed by atoms with Gasteiger partial charge in [-0.05, 0) is 42.8 Å². The van der Waals surface area contributed by atoms with Crippen molar-refractivity contribution in [3.8, 4) is 0 Å². The number of carbonyl (C=O) groups excluding carboxylic acids is 1. The molecule has 29 heavy (non-hydrogen) atoms. The van der Waals surface area contributed by atoms with Crippen LogP contribution < -0.4 is 10.0 Å². The second-order valence-electron chi connectivity index (χ2n) is 7.73. The van der Waals surface area contributed by atoms with E-state index in [0.29, 0.717) is 22.8 Å². The number of amides is 1. The first kappa shape index (κ1) is 20.6. The average Bonchev–Trinajstić information content (AvgIpc) is 3.12. The Kier molecular flexibility index (Phi) is 5.48. The van der Waals surface area contributed by atoms with Crippen molar-refractivity contribution in [2.45, 2.75) is 38.0 Å². The number of carbonyl (C=O) groups is 1. The Labute approximate surface area is 170 Å². The number of benzene rings is 2. The van der Waals surface area contributed by atoms with E-state index in [1.807, 2.05) is 39.8 Å². The molecule has 0 saturated carbocycles. The summed E-state index contributed by atoms with van der Waals surface area (Å²) in [7, 11) is -3.76. The fourth-order valence-corrected chi connectivity index (χ4v) is 3.68. The van der Waals surface area contributed by atoms with Crippen LogP contribution in [0.1, 0.15) is 42.5 Å². The molecule has 0 fully saturated rings. The maximum absolute atomic E-state index is 12.6. The van der Waals surface area contributed by atoms with Crippen molar-refractivity contribution < 1.29 is 17.7 Å². The van der Waals surface area contributed by atoms with Crippen LogP contribution in [0.5, 0.6) is 0 Å². The summed E-state index contributed by atoms with van der Waals surface area (Å²) in [5.74, 6) is 0.545. The summed E-state index contributed by atoms with van der Waals surface area (Å²) < 4.78 is 33.0. The number of aromatic nitrogens is 1. The van der Waals surface area contributed by atoms with Crippen LogP contribution in [0.25, 0.3) is 0 Å². The molecule has 2 N–H and O–H groups in total. The lowest BCUT2D eigenvalue weighted by Crippen LogP contribution is -2.15. The molecule has 0 aliphatic carbocycles. The van der Waals surface area contributed by atoms with Gasteiger partial charge in [0.2, 0.25) is 0 Å². The van der Waals surface area contributed by atoms with Gasteiger partial charge in [-0.3, -0.25) is 9.52 Å². The topological polar surface area (TPSA) is 101 Å². The standard InChI is InChI=1S/C21H23N3O4S/c1-14-7-5-6-8-17(14)24-29(26,27)16-11-9-15(10-12-16)20(25)22-19-13-18(28-23-19)21(2,3)4/h5-13,24H,1-4H3,(H,22,23,25). The smallest absolute Gasteiger partial charge is 0.261 e. The van der Waals surface area contributed by atoms with Crippen molar-refractivity contribution in [3.63, 3.8) is 0 Å². The van der Waals surface area contributed by atoms with Crippen molar-refractivity contribution in [1.82, 2.24) is 5.16 Å². The minimum atomic E-state index is -3.76. The number of nitrogens with zero attached hydrogens (tertiary/aromatic N) is 1. The molecule has 8 heteroatoms. The van der Waals surface area contributed by atoms with Gasteiger partial charge in [0.05, 0.1) is 10.6 Å². The molecule has 0 radical (unpaired) electrons. The highest BCUT2D eigenvalue weighted by atomic mass is 32.2. The minimum Gasteiger partial charge on any atom is -0.359 e. The molecule has 0 spiro atoms. The van der Waals surface area contributed by atoms with E-state index in [0.717, 1.165) is 5.56 Å². The predicted octanol–water partition coefficient (Wildman–Crippen LogP) is 4.33. The van der Waals surface area contributed by atoms with Gasteiger partial charge in [0, 0.05) is 17.0 Å². The van der Waals surface area contributed by atoms with Crippen molar-refractivity contribution >= 4 is 27.4 Å². The van der Waals surface area contributed by atoms with Gasteiger partial charge in [-0.15, -0.1) is 0 Å². The van der Waals surface area contributed by atoms with E-state index < -0.39 is 15.9 Å². The zero-order valence-electron chi connectivity index (χ0n) is 16.7. The molecule has 0 bridgehead atoms. The third kappa shape index (κ3) is 4.83. The van der Waals surface area contributed by atoms with Gasteiger partial charge in [-0.1, -0.05) is 44.1 Å². The number of rotatable bonds is 5. The lowest BCUT2D eigenvalue weighted by molar-refractivity contribution is 0.102. The van der Waals surface area contributed by atoms with Gasteiger partial charge < -0.3 is 9.84 Å². The molecule has 0 saturated heterocycles. The quantitative estimate of drug-likeness (QED) is 0.648. The van der Waals surface area contributed by atoms with Crippen LogP contribution in [0.4, 0.5) is 11.5 Å². The van der Waals surface area contributed by atoms with Gasteiger partial charge in [-0.2, -0.15) is 0 Å². The predicted molar refractivity (Wildman–Crippen MR) is 112 cm³/mol. The third-order valence-corrected chi connectivity index (χ3v) is 5.69. The molecule has 0 aliphatic heterocycles. The number of hydrogen-bond donors (Lipinski definition) is 2. The number of hydrogen-bond acceptors (Lipinski definition) is 5. The monoisotopic (exact) mass is 413 g/mol. The minimum absolute atomic E-state index is 0.0637. The summed E-state index contributed by atoms with van der Waals surface area (Å²) in [6.45, 7) is 7.75. The van der Waals surface area contributed by atoms with E-state index in [1.165, 1.54) is 24.3 Å². The molecule has 3 aromatic rings. The maximum atomic E-state index is 12.6. The first-order chi connectivity index (χ1) is 13.6. The molecule has 152 valence electrons. The van der Waals surface area contributed by atoms with Gasteiger partial charge in [-0.25, -0.2) is 8.42 Å². The average molecular weight is 413 g/mol. The van der Waals surface area contributed by atoms with Gasteiger partial charge in [0.25, 0.3) is 15.9 Å². The fourth-order valence-electron chi connectivity index (χ4n) is 2.55. The molecule has 1 aromatic heterocycles. The van der Waals surface area contributed by atoms with E-state index in [2.05, 4.69) is 15.2 Å². The molecule has 0 atom stereocenters. The number of aryl methyl sites for hydroxylation is 1. The Hall–Kier alpha value is -3.13. The van der Waals surface area contributed by atoms with Crippen molar-refractivity contribution in [2.24, 2.45) is 0 Å². The number of para-hydroxylation sites is 1. The first-order valence-corrected chi connectivity index (χ1v) is 10.5. The molecule has 0 aliphatic rings. The largest absolute Gasteiger partial charge is 0.359 e. The molecule has 3 rings (SSSR count). The zero-order valence-corrected chi connectivity index (χ0v) is 17.5. The van der Waals surface area contributed by atoms with Crippen LogP contribution in [0.15, 0.2) is 64.0 Å². The molecule has 2 aromatic carbocycles. The number of anilines is 2. The number of nitrogens with one attached hydrogen (secondary N) is 2. The summed E-state index contributed by atoms with van der Waals surface area (Å²) >= 11 is 0. The Morgan fingerprint density at radius 3 is 2.28 bits per heavy atom. The Morgan fingerprint density at radius 2 is 1.69 bits per heavy atom. The second kappa shape index (κ2) is 7.71. The second-order valence-corrected chi connectivity index (χ2v) is 9.41. The molecule has 1 amide bonds. The van der Waals surface area contributed by atoms with E-state index in [-0.39, 0.29) is 10.3 Å². The van der Waals surface area contributed by atoms with E-state index in [4.69, 9.17) is 4.52 Å². The third-order valence-electron chi connectivity index (χ3n) is 4.31. The summed E-state index contributed by atoms with van der Waals surface area (Å²) in [5.41, 5.74) is 1.40. The summed E-state index contributed by atoms with van der Waals surface area (Å²) in [6.07, 6.45) is 0. The SMILES string of the molecule is Cc1ccccc1NS(=O)(=O)c1ccc(C(=O)Nc2cc(C(C)(C)C)on2)cc1. The molecule has 1 heterocycles. The summed E-state index contributed by atoms with van der Waals surface area (Å²) in [6, 6.07) is 14.4. The van der Waals surface area contributed by atoms with Crippen LogP contribution in [-0.4, -0.2) is 19.5 Å². The molecule has 7 nitrogen and oxygen atoms in total. The normalized spacial score (nSPS) is 11.9. The Bertz CT molecular complexity index is 1130. The lowest BCUT2D eigenvalue weighted by atomic mass is 9.93. The first-order valence-electron chi connectivity index (χ1n) is 9.03. The van der Waals surface area contributed by atoms with Crippen LogP contribution in [0.3, 0.4) is 0 Å². The van der Waals surface area contributed by atoms with Crippen molar-refractivity contribution in [1.29, 1.82) is 0 Å². The summed E-state index contributed by atoms with van der Waals surface area (Å²) in [5, 5.41) is 6.49. The molecular weight excluding hydrogens is 390 g/mol. The van der Waals surface area contributed by atoms with E-state index in [9.17, 15) is 13.2 Å². The highest BCUT2D eigenvalue weighted by Crippen LogP contribution is 2.25. The van der Waals surface area contributed by atoms with Gasteiger partial charge in [0.1, 0.15) is 5.76 Å². The van der Waals surface area contributed by atoms with Crippen LogP contribution >= 0.6 is 0 Å².